The molecular formula is C36H52ClNO10S2. The van der Waals surface area contributed by atoms with Crippen molar-refractivity contribution in [2.24, 2.45) is 5.92 Å². The van der Waals surface area contributed by atoms with Gasteiger partial charge in [0.05, 0.1) is 28.8 Å². The second-order valence-corrected chi connectivity index (χ2v) is 18.0. The van der Waals surface area contributed by atoms with Gasteiger partial charge < -0.3 is 19.5 Å². The van der Waals surface area contributed by atoms with Crippen LogP contribution >= 0.6 is 10.7 Å². The van der Waals surface area contributed by atoms with Crippen LogP contribution in [0.15, 0.2) is 46.2 Å². The maximum absolute atomic E-state index is 12.5. The molecule has 0 heterocycles. The van der Waals surface area contributed by atoms with Gasteiger partial charge in [-0.15, -0.1) is 0 Å². The first-order valence-corrected chi connectivity index (χ1v) is 20.9. The fraction of sp³-hybridized carbons (Fsp3) is 0.583. The molecule has 2 aliphatic carbocycles. The van der Waals surface area contributed by atoms with Crippen LogP contribution in [0.3, 0.4) is 0 Å². The van der Waals surface area contributed by atoms with Crippen molar-refractivity contribution < 1.29 is 45.4 Å². The lowest BCUT2D eigenvalue weighted by molar-refractivity contribution is -0.121. The Hall–Kier alpha value is -3.16. The minimum absolute atomic E-state index is 0.0950. The molecule has 0 bridgehead atoms. The van der Waals surface area contributed by atoms with Gasteiger partial charge >= 0.3 is 6.09 Å². The second kappa shape index (κ2) is 19.4. The van der Waals surface area contributed by atoms with E-state index in [9.17, 15) is 31.2 Å². The Kier molecular flexibility index (Phi) is 16.7. The average Bonchev–Trinajstić information content (AvgIpc) is 3.01. The minimum Gasteiger partial charge on any atom is -0.494 e. The number of sulfone groups is 1. The third kappa shape index (κ3) is 15.4. The molecule has 4 rings (SSSR count). The van der Waals surface area contributed by atoms with Crippen molar-refractivity contribution in [3.8, 4) is 11.5 Å². The van der Waals surface area contributed by atoms with Gasteiger partial charge in [0.2, 0.25) is 0 Å². The first-order chi connectivity index (χ1) is 23.2. The molecule has 0 aromatic heterocycles. The molecule has 0 atom stereocenters. The highest BCUT2D eigenvalue weighted by molar-refractivity contribution is 8.13. The number of hydrogen-bond acceptors (Lipinski definition) is 10. The van der Waals surface area contributed by atoms with Gasteiger partial charge in [-0.1, -0.05) is 0 Å². The van der Waals surface area contributed by atoms with E-state index >= 15 is 0 Å². The van der Waals surface area contributed by atoms with Crippen LogP contribution < -0.4 is 14.8 Å². The van der Waals surface area contributed by atoms with Gasteiger partial charge in [0, 0.05) is 42.4 Å². The number of carbonyl (C=O) groups excluding carboxylic acids is 3. The van der Waals surface area contributed by atoms with Crippen molar-refractivity contribution in [1.29, 1.82) is 0 Å². The molecule has 1 amide bonds. The fourth-order valence-corrected chi connectivity index (χ4v) is 7.97. The van der Waals surface area contributed by atoms with Crippen LogP contribution in [0.4, 0.5) is 4.79 Å². The van der Waals surface area contributed by atoms with Gasteiger partial charge in [0.25, 0.3) is 9.05 Å². The van der Waals surface area contributed by atoms with Crippen LogP contribution in [0.25, 0.3) is 0 Å². The van der Waals surface area contributed by atoms with Crippen LogP contribution in [-0.2, 0) is 33.2 Å². The predicted octanol–water partition coefficient (Wildman–Crippen LogP) is 7.27. The zero-order chi connectivity index (χ0) is 37.7. The highest BCUT2D eigenvalue weighted by Crippen LogP contribution is 2.28. The number of halogens is 1. The van der Waals surface area contributed by atoms with E-state index in [1.807, 2.05) is 41.5 Å². The van der Waals surface area contributed by atoms with Gasteiger partial charge in [-0.25, -0.2) is 21.6 Å². The number of alkyl carbamates (subject to hydrolysis) is 1. The van der Waals surface area contributed by atoms with Crippen LogP contribution in [0.5, 0.6) is 11.5 Å². The number of rotatable bonds is 9. The summed E-state index contributed by atoms with van der Waals surface area (Å²) in [4.78, 5) is 34.0. The number of hydrogen-bond donors (Lipinski definition) is 1. The standard InChI is InChI=1S/C16H22O4S.C11H19NO3.C9H11ClO3S/c1-3-20-16-9-8-15(10-12(16)2)21(18,19)11-13-4-6-14(17)7-5-13;1-11(2,3)15-10(14)12-8-4-6-9(13)7-5-8;1-3-13-9-5-4-8(6-7(9)2)14(10,11)12/h8-10,13H,3-7,11H2,1-2H3;8H,4-7H2,1-3H3,(H,12,14);4-6H,3H2,1-2H3. The van der Waals surface area contributed by atoms with Crippen molar-refractivity contribution in [3.63, 3.8) is 0 Å². The van der Waals surface area contributed by atoms with E-state index in [-0.39, 0.29) is 40.3 Å². The molecule has 0 radical (unpaired) electrons. The van der Waals surface area contributed by atoms with Crippen molar-refractivity contribution in [1.82, 2.24) is 5.32 Å². The smallest absolute Gasteiger partial charge is 0.407 e. The second-order valence-electron chi connectivity index (χ2n) is 13.4. The summed E-state index contributed by atoms with van der Waals surface area (Å²) in [6, 6.07) is 9.63. The molecule has 1 N–H and O–H groups in total. The van der Waals surface area contributed by atoms with E-state index in [4.69, 9.17) is 24.9 Å². The normalized spacial score (nSPS) is 15.9. The molecule has 14 heteroatoms. The molecule has 2 aliphatic rings. The van der Waals surface area contributed by atoms with Crippen LogP contribution in [0.2, 0.25) is 0 Å². The van der Waals surface area contributed by atoms with Gasteiger partial charge in [-0.2, -0.15) is 0 Å². The van der Waals surface area contributed by atoms with Gasteiger partial charge in [-0.05, 0) is 128 Å². The van der Waals surface area contributed by atoms with Crippen molar-refractivity contribution in [3.05, 3.63) is 47.5 Å². The van der Waals surface area contributed by atoms with E-state index in [2.05, 4.69) is 5.32 Å². The summed E-state index contributed by atoms with van der Waals surface area (Å²) < 4.78 is 62.7. The Morgan fingerprint density at radius 1 is 0.780 bits per heavy atom. The zero-order valence-corrected chi connectivity index (χ0v) is 32.6. The summed E-state index contributed by atoms with van der Waals surface area (Å²) >= 11 is 0. The quantitative estimate of drug-likeness (QED) is 0.258. The summed E-state index contributed by atoms with van der Waals surface area (Å²) in [6.45, 7) is 14.0. The van der Waals surface area contributed by atoms with Crippen LogP contribution in [0, 0.1) is 19.8 Å². The van der Waals surface area contributed by atoms with E-state index in [1.165, 1.54) is 12.1 Å². The first-order valence-electron chi connectivity index (χ1n) is 16.9. The van der Waals surface area contributed by atoms with E-state index in [1.54, 1.807) is 31.2 Å². The Bertz CT molecular complexity index is 1660. The van der Waals surface area contributed by atoms with Crippen molar-refractivity contribution >= 4 is 47.2 Å². The van der Waals surface area contributed by atoms with E-state index in [0.29, 0.717) is 62.4 Å². The van der Waals surface area contributed by atoms with Crippen LogP contribution in [-0.4, -0.2) is 65.1 Å². The van der Waals surface area contributed by atoms with E-state index < -0.39 is 24.5 Å². The molecule has 0 saturated heterocycles. The van der Waals surface area contributed by atoms with Crippen LogP contribution in [0.1, 0.15) is 97.1 Å². The van der Waals surface area contributed by atoms with E-state index in [0.717, 1.165) is 29.7 Å². The molecule has 50 heavy (non-hydrogen) atoms. The summed E-state index contributed by atoms with van der Waals surface area (Å²) in [7, 11) is -1.75. The largest absolute Gasteiger partial charge is 0.494 e. The number of ether oxygens (including phenoxy) is 3. The van der Waals surface area contributed by atoms with Crippen molar-refractivity contribution in [2.75, 3.05) is 19.0 Å². The number of benzene rings is 2. The molecule has 0 aliphatic heterocycles. The Morgan fingerprint density at radius 3 is 1.64 bits per heavy atom. The Labute approximate surface area is 302 Å². The third-order valence-corrected chi connectivity index (χ3v) is 11.1. The lowest BCUT2D eigenvalue weighted by atomic mass is 9.90. The highest BCUT2D eigenvalue weighted by Gasteiger charge is 2.26. The average molecular weight is 758 g/mol. The number of aryl methyl sites for hydroxylation is 2. The van der Waals surface area contributed by atoms with Crippen molar-refractivity contribution in [2.45, 2.75) is 121 Å². The zero-order valence-electron chi connectivity index (χ0n) is 30.2. The molecule has 0 spiro atoms. The number of ketones is 2. The lowest BCUT2D eigenvalue weighted by Gasteiger charge is -2.25. The molecule has 0 unspecified atom stereocenters. The number of carbonyl (C=O) groups is 3. The molecule has 2 fully saturated rings. The van der Waals surface area contributed by atoms with Gasteiger partial charge in [-0.3, -0.25) is 9.59 Å². The molecule has 2 saturated carbocycles. The Morgan fingerprint density at radius 2 is 1.22 bits per heavy atom. The summed E-state index contributed by atoms with van der Waals surface area (Å²) in [5.74, 6) is 2.17. The lowest BCUT2D eigenvalue weighted by Crippen LogP contribution is -2.40. The summed E-state index contributed by atoms with van der Waals surface area (Å²) in [6.07, 6.45) is 4.63. The monoisotopic (exact) mass is 757 g/mol. The highest BCUT2D eigenvalue weighted by atomic mass is 35.7. The SMILES string of the molecule is CC(C)(C)OC(=O)NC1CCC(=O)CC1.CCOc1ccc(S(=O)(=O)CC2CCC(=O)CC2)cc1C.CCOc1ccc(S(=O)(=O)Cl)cc1C. The molecule has 2 aromatic carbocycles. The first kappa shape index (κ1) is 43.0. The minimum atomic E-state index is -3.64. The maximum atomic E-state index is 12.5. The fourth-order valence-electron chi connectivity index (χ4n) is 5.35. The predicted molar refractivity (Wildman–Crippen MR) is 193 cm³/mol. The topological polar surface area (TPSA) is 159 Å². The summed E-state index contributed by atoms with van der Waals surface area (Å²) in [5.41, 5.74) is 1.12. The number of amides is 1. The third-order valence-electron chi connectivity index (χ3n) is 7.92. The van der Waals surface area contributed by atoms with Gasteiger partial charge in [0.1, 0.15) is 28.7 Å². The maximum Gasteiger partial charge on any atom is 0.407 e. The number of nitrogens with one attached hydrogen (secondary N) is 1. The number of Topliss-reactive ketones (excluding diaryl/α,β-unsaturated/α-hetero) is 2. The van der Waals surface area contributed by atoms with Gasteiger partial charge in [0.15, 0.2) is 9.84 Å². The molecule has 11 nitrogen and oxygen atoms in total. The molecule has 280 valence electrons. The summed E-state index contributed by atoms with van der Waals surface area (Å²) in [5, 5.41) is 2.78. The Balaban J connectivity index is 0.000000268. The molecule has 2 aromatic rings. The molecular weight excluding hydrogens is 706 g/mol.